The minimum Gasteiger partial charge on any atom is -0.459 e. The number of hydrogen-bond donors (Lipinski definition) is 0. The van der Waals surface area contributed by atoms with E-state index in [4.69, 9.17) is 10.00 Å². The summed E-state index contributed by atoms with van der Waals surface area (Å²) in [5.74, 6) is 0.237. The lowest BCUT2D eigenvalue weighted by atomic mass is 9.82. The third kappa shape index (κ3) is 4.60. The van der Waals surface area contributed by atoms with E-state index < -0.39 is 0 Å². The normalized spacial score (nSPS) is 21.8. The topological polar surface area (TPSA) is 50.1 Å². The first-order chi connectivity index (χ1) is 10.7. The number of carbonyl (C=O) groups is 1. The van der Waals surface area contributed by atoms with Gasteiger partial charge in [-0.1, -0.05) is 30.4 Å². The molecule has 22 heavy (non-hydrogen) atoms. The molecule has 3 heteroatoms. The first-order valence-electron chi connectivity index (χ1n) is 7.73. The Labute approximate surface area is 131 Å². The standard InChI is InChI=1S/C19H21NO2/c1-2-3-4-5-19(21)22-18-12-10-17(11-13-18)16-8-6-15(14-20)7-9-16/h2-9,17-18H,10-13H2,1H3. The molecule has 1 aromatic carbocycles. The SMILES string of the molecule is CC=CC=CC(=O)OC1CCC(c2ccc(C#N)cc2)CC1. The number of carbonyl (C=O) groups excluding carboxylic acids is 1. The lowest BCUT2D eigenvalue weighted by Crippen LogP contribution is -2.23. The van der Waals surface area contributed by atoms with Crippen LogP contribution in [-0.4, -0.2) is 12.1 Å². The van der Waals surface area contributed by atoms with Gasteiger partial charge in [-0.3, -0.25) is 0 Å². The van der Waals surface area contributed by atoms with Crippen molar-refractivity contribution in [2.24, 2.45) is 0 Å². The molecule has 0 unspecified atom stereocenters. The summed E-state index contributed by atoms with van der Waals surface area (Å²) < 4.78 is 5.46. The quantitative estimate of drug-likeness (QED) is 0.474. The summed E-state index contributed by atoms with van der Waals surface area (Å²) in [4.78, 5) is 11.6. The molecule has 1 aliphatic rings. The maximum Gasteiger partial charge on any atom is 0.331 e. The molecule has 1 fully saturated rings. The fourth-order valence-corrected chi connectivity index (χ4v) is 2.79. The zero-order chi connectivity index (χ0) is 15.8. The van der Waals surface area contributed by atoms with Gasteiger partial charge in [0.15, 0.2) is 0 Å². The lowest BCUT2D eigenvalue weighted by molar-refractivity contribution is -0.144. The molecule has 1 saturated carbocycles. The van der Waals surface area contributed by atoms with Crippen LogP contribution in [0.3, 0.4) is 0 Å². The average molecular weight is 295 g/mol. The molecule has 1 aliphatic carbocycles. The van der Waals surface area contributed by atoms with Crippen LogP contribution in [0.25, 0.3) is 0 Å². The second-order valence-electron chi connectivity index (χ2n) is 5.53. The number of nitriles is 1. The van der Waals surface area contributed by atoms with Crippen molar-refractivity contribution in [3.8, 4) is 6.07 Å². The smallest absolute Gasteiger partial charge is 0.331 e. The summed E-state index contributed by atoms with van der Waals surface area (Å²) in [6.07, 6.45) is 10.7. The van der Waals surface area contributed by atoms with E-state index in [0.29, 0.717) is 11.5 Å². The van der Waals surface area contributed by atoms with Gasteiger partial charge in [-0.05, 0) is 56.2 Å². The van der Waals surface area contributed by atoms with Crippen LogP contribution < -0.4 is 0 Å². The number of rotatable bonds is 4. The monoisotopic (exact) mass is 295 g/mol. The summed E-state index contributed by atoms with van der Waals surface area (Å²) in [6.45, 7) is 1.90. The molecule has 0 bridgehead atoms. The fourth-order valence-electron chi connectivity index (χ4n) is 2.79. The molecular formula is C19H21NO2. The van der Waals surface area contributed by atoms with Crippen molar-refractivity contribution < 1.29 is 9.53 Å². The summed E-state index contributed by atoms with van der Waals surface area (Å²) in [7, 11) is 0. The molecule has 0 saturated heterocycles. The number of nitrogens with zero attached hydrogens (tertiary/aromatic N) is 1. The van der Waals surface area contributed by atoms with E-state index in [9.17, 15) is 4.79 Å². The first kappa shape index (κ1) is 16.0. The Bertz CT molecular complexity index is 585. The Balaban J connectivity index is 1.82. The van der Waals surface area contributed by atoms with E-state index in [0.717, 1.165) is 25.7 Å². The largest absolute Gasteiger partial charge is 0.459 e. The van der Waals surface area contributed by atoms with Gasteiger partial charge >= 0.3 is 5.97 Å². The first-order valence-corrected chi connectivity index (χ1v) is 7.73. The van der Waals surface area contributed by atoms with Crippen LogP contribution in [0.15, 0.2) is 48.6 Å². The molecule has 0 heterocycles. The van der Waals surface area contributed by atoms with E-state index in [1.165, 1.54) is 11.6 Å². The molecule has 0 spiro atoms. The van der Waals surface area contributed by atoms with Gasteiger partial charge in [0.2, 0.25) is 0 Å². The summed E-state index contributed by atoms with van der Waals surface area (Å²) in [5, 5.41) is 8.83. The highest BCUT2D eigenvalue weighted by Gasteiger charge is 2.24. The van der Waals surface area contributed by atoms with Crippen molar-refractivity contribution in [2.45, 2.75) is 44.6 Å². The van der Waals surface area contributed by atoms with Crippen LogP contribution in [0.1, 0.15) is 49.7 Å². The van der Waals surface area contributed by atoms with Crippen molar-refractivity contribution in [2.75, 3.05) is 0 Å². The Kier molecular flexibility index (Phi) is 5.97. The Morgan fingerprint density at radius 2 is 1.86 bits per heavy atom. The van der Waals surface area contributed by atoms with Gasteiger partial charge in [0, 0.05) is 6.08 Å². The van der Waals surface area contributed by atoms with Crippen molar-refractivity contribution in [3.63, 3.8) is 0 Å². The van der Waals surface area contributed by atoms with Gasteiger partial charge in [0.05, 0.1) is 11.6 Å². The highest BCUT2D eigenvalue weighted by Crippen LogP contribution is 2.34. The summed E-state index contributed by atoms with van der Waals surface area (Å²) >= 11 is 0. The molecule has 1 aromatic rings. The Morgan fingerprint density at radius 1 is 1.18 bits per heavy atom. The van der Waals surface area contributed by atoms with Gasteiger partial charge in [0.1, 0.15) is 6.10 Å². The van der Waals surface area contributed by atoms with Gasteiger partial charge in [-0.2, -0.15) is 5.26 Å². The van der Waals surface area contributed by atoms with Gasteiger partial charge in [-0.15, -0.1) is 0 Å². The van der Waals surface area contributed by atoms with E-state index in [1.807, 2.05) is 43.3 Å². The van der Waals surface area contributed by atoms with E-state index in [1.54, 1.807) is 6.08 Å². The van der Waals surface area contributed by atoms with Crippen LogP contribution >= 0.6 is 0 Å². The second kappa shape index (κ2) is 8.19. The molecule has 0 radical (unpaired) electrons. The molecule has 2 rings (SSSR count). The van der Waals surface area contributed by atoms with Crippen LogP contribution in [0, 0.1) is 11.3 Å². The molecule has 0 aliphatic heterocycles. The minimum atomic E-state index is -0.264. The van der Waals surface area contributed by atoms with E-state index in [-0.39, 0.29) is 12.1 Å². The lowest BCUT2D eigenvalue weighted by Gasteiger charge is -2.28. The molecule has 0 N–H and O–H groups in total. The summed E-state index contributed by atoms with van der Waals surface area (Å²) in [6, 6.07) is 9.95. The number of allylic oxidation sites excluding steroid dienone is 3. The highest BCUT2D eigenvalue weighted by atomic mass is 16.5. The number of hydrogen-bond acceptors (Lipinski definition) is 3. The number of benzene rings is 1. The van der Waals surface area contributed by atoms with Crippen molar-refractivity contribution in [1.82, 2.24) is 0 Å². The second-order valence-corrected chi connectivity index (χ2v) is 5.53. The van der Waals surface area contributed by atoms with Crippen molar-refractivity contribution >= 4 is 5.97 Å². The number of ether oxygens (including phenoxy) is 1. The third-order valence-corrected chi connectivity index (χ3v) is 4.00. The van der Waals surface area contributed by atoms with Crippen molar-refractivity contribution in [1.29, 1.82) is 5.26 Å². The maximum atomic E-state index is 11.6. The van der Waals surface area contributed by atoms with Gasteiger partial charge in [0.25, 0.3) is 0 Å². The zero-order valence-corrected chi connectivity index (χ0v) is 12.9. The Hall–Kier alpha value is -2.34. The average Bonchev–Trinajstić information content (AvgIpc) is 2.56. The molecule has 0 amide bonds. The molecule has 0 atom stereocenters. The predicted octanol–water partition coefficient (Wildman–Crippen LogP) is 4.26. The van der Waals surface area contributed by atoms with Crippen LogP contribution in [0.2, 0.25) is 0 Å². The molecule has 114 valence electrons. The van der Waals surface area contributed by atoms with Gasteiger partial charge in [-0.25, -0.2) is 4.79 Å². The third-order valence-electron chi connectivity index (χ3n) is 4.00. The van der Waals surface area contributed by atoms with Crippen LogP contribution in [0.4, 0.5) is 0 Å². The van der Waals surface area contributed by atoms with Gasteiger partial charge < -0.3 is 4.74 Å². The maximum absolute atomic E-state index is 11.6. The van der Waals surface area contributed by atoms with Crippen molar-refractivity contribution in [3.05, 3.63) is 59.7 Å². The highest BCUT2D eigenvalue weighted by molar-refractivity contribution is 5.82. The molecular weight excluding hydrogens is 274 g/mol. The van der Waals surface area contributed by atoms with E-state index in [2.05, 4.69) is 6.07 Å². The fraction of sp³-hybridized carbons (Fsp3) is 0.368. The molecule has 3 nitrogen and oxygen atoms in total. The predicted molar refractivity (Wildman–Crippen MR) is 86.2 cm³/mol. The molecule has 0 aromatic heterocycles. The minimum absolute atomic E-state index is 0.0254. The Morgan fingerprint density at radius 3 is 2.45 bits per heavy atom. The van der Waals surface area contributed by atoms with E-state index >= 15 is 0 Å². The zero-order valence-electron chi connectivity index (χ0n) is 12.9. The van der Waals surface area contributed by atoms with Crippen LogP contribution in [-0.2, 0) is 9.53 Å². The summed E-state index contributed by atoms with van der Waals surface area (Å²) in [5.41, 5.74) is 1.97. The number of esters is 1. The van der Waals surface area contributed by atoms with Crippen LogP contribution in [0.5, 0.6) is 0 Å².